The average molecular weight is 615 g/mol. The molecule has 2 aliphatic rings. The maximum atomic E-state index is 15.0. The van der Waals surface area contributed by atoms with Crippen LogP contribution in [0.5, 0.6) is 5.75 Å². The van der Waals surface area contributed by atoms with E-state index in [-0.39, 0.29) is 30.6 Å². The zero-order valence-electron chi connectivity index (χ0n) is 24.7. The van der Waals surface area contributed by atoms with Crippen molar-refractivity contribution >= 4 is 23.0 Å². The van der Waals surface area contributed by atoms with Crippen LogP contribution >= 0.6 is 0 Å². The molecule has 0 amide bonds. The Labute approximate surface area is 259 Å². The zero-order chi connectivity index (χ0) is 31.4. The number of hydrogen-bond acceptors (Lipinski definition) is 8. The van der Waals surface area contributed by atoms with Gasteiger partial charge < -0.3 is 24.0 Å². The molecule has 10 nitrogen and oxygen atoms in total. The van der Waals surface area contributed by atoms with Crippen molar-refractivity contribution in [1.82, 2.24) is 14.8 Å². The number of piperazine rings is 1. The van der Waals surface area contributed by atoms with Gasteiger partial charge in [-0.1, -0.05) is 6.07 Å². The summed E-state index contributed by atoms with van der Waals surface area (Å²) < 4.78 is 47.4. The lowest BCUT2D eigenvalue weighted by molar-refractivity contribution is -0.0206. The molecule has 0 bridgehead atoms. The SMILES string of the molecule is [C-]#[N+]c1cc(N2CCN(c3ccc(C(=O)OC)cc3)CC2)ccc1OC[C@@H]1CO[C@@](Cn2cncn2)(c2ccc(F)cc2F)C1. The van der Waals surface area contributed by atoms with Crippen LogP contribution in [0.1, 0.15) is 22.3 Å². The summed E-state index contributed by atoms with van der Waals surface area (Å²) in [7, 11) is 1.37. The van der Waals surface area contributed by atoms with Gasteiger partial charge in [0.05, 0.1) is 39.0 Å². The van der Waals surface area contributed by atoms with Crippen LogP contribution in [0.15, 0.2) is 73.3 Å². The smallest absolute Gasteiger partial charge is 0.337 e. The van der Waals surface area contributed by atoms with E-state index in [0.29, 0.717) is 30.0 Å². The molecular weight excluding hydrogens is 582 g/mol. The van der Waals surface area contributed by atoms with E-state index in [1.54, 1.807) is 16.8 Å². The predicted octanol–water partition coefficient (Wildman–Crippen LogP) is 5.23. The molecule has 3 heterocycles. The minimum atomic E-state index is -1.07. The lowest BCUT2D eigenvalue weighted by Crippen LogP contribution is -2.46. The van der Waals surface area contributed by atoms with Gasteiger partial charge >= 0.3 is 5.97 Å². The molecule has 45 heavy (non-hydrogen) atoms. The molecule has 0 N–H and O–H groups in total. The van der Waals surface area contributed by atoms with Gasteiger partial charge in [0, 0.05) is 55.1 Å². The summed E-state index contributed by atoms with van der Waals surface area (Å²) in [6.07, 6.45) is 3.34. The third-order valence-corrected chi connectivity index (χ3v) is 8.36. The van der Waals surface area contributed by atoms with E-state index < -0.39 is 17.2 Å². The number of carbonyl (C=O) groups is 1. The van der Waals surface area contributed by atoms with Crippen LogP contribution in [-0.2, 0) is 21.6 Å². The summed E-state index contributed by atoms with van der Waals surface area (Å²) in [5.74, 6) is -1.33. The minimum absolute atomic E-state index is 0.106. The number of anilines is 2. The molecule has 232 valence electrons. The van der Waals surface area contributed by atoms with E-state index in [4.69, 9.17) is 20.8 Å². The molecule has 6 rings (SSSR count). The van der Waals surface area contributed by atoms with Crippen LogP contribution < -0.4 is 14.5 Å². The molecule has 2 aliphatic heterocycles. The molecule has 0 aliphatic carbocycles. The topological polar surface area (TPSA) is 86.3 Å². The van der Waals surface area contributed by atoms with Crippen molar-refractivity contribution in [3.63, 3.8) is 0 Å². The first kappa shape index (κ1) is 30.0. The van der Waals surface area contributed by atoms with Gasteiger partial charge in [-0.2, -0.15) is 5.10 Å². The van der Waals surface area contributed by atoms with Gasteiger partial charge in [-0.3, -0.25) is 0 Å². The summed E-state index contributed by atoms with van der Waals surface area (Å²) in [5.41, 5.74) is 2.09. The summed E-state index contributed by atoms with van der Waals surface area (Å²) in [6.45, 7) is 11.7. The quantitative estimate of drug-likeness (QED) is 0.187. The normalized spacial score (nSPS) is 19.7. The van der Waals surface area contributed by atoms with Crippen LogP contribution in [0.25, 0.3) is 4.85 Å². The summed E-state index contributed by atoms with van der Waals surface area (Å²) in [6, 6.07) is 16.5. The number of esters is 1. The van der Waals surface area contributed by atoms with E-state index in [1.165, 1.54) is 31.9 Å². The highest BCUT2D eigenvalue weighted by Crippen LogP contribution is 2.42. The predicted molar refractivity (Wildman–Crippen MR) is 163 cm³/mol. The average Bonchev–Trinajstić information content (AvgIpc) is 3.74. The van der Waals surface area contributed by atoms with Gasteiger partial charge in [-0.15, -0.1) is 0 Å². The Kier molecular flexibility index (Phi) is 8.62. The number of methoxy groups -OCH3 is 1. The number of nitrogens with zero attached hydrogens (tertiary/aromatic N) is 6. The zero-order valence-corrected chi connectivity index (χ0v) is 24.7. The van der Waals surface area contributed by atoms with Gasteiger partial charge in [-0.25, -0.2) is 28.1 Å². The third kappa shape index (κ3) is 6.44. The van der Waals surface area contributed by atoms with Crippen molar-refractivity contribution in [2.24, 2.45) is 5.92 Å². The molecule has 0 unspecified atom stereocenters. The summed E-state index contributed by atoms with van der Waals surface area (Å²) >= 11 is 0. The summed E-state index contributed by atoms with van der Waals surface area (Å²) in [5, 5.41) is 4.16. The van der Waals surface area contributed by atoms with Gasteiger partial charge in [0.25, 0.3) is 0 Å². The van der Waals surface area contributed by atoms with Crippen molar-refractivity contribution in [2.45, 2.75) is 18.6 Å². The molecule has 2 fully saturated rings. The van der Waals surface area contributed by atoms with Crippen LogP contribution in [-0.4, -0.2) is 67.2 Å². The Hall–Kier alpha value is -5.02. The second-order valence-electron chi connectivity index (χ2n) is 11.2. The van der Waals surface area contributed by atoms with Gasteiger partial charge in [0.2, 0.25) is 5.69 Å². The molecule has 1 aromatic heterocycles. The highest BCUT2D eigenvalue weighted by Gasteiger charge is 2.44. The largest absolute Gasteiger partial charge is 0.504 e. The molecular formula is C33H32F2N6O4. The number of carbonyl (C=O) groups excluding carboxylic acids is 1. The lowest BCUT2D eigenvalue weighted by Gasteiger charge is -2.37. The number of halogens is 2. The van der Waals surface area contributed by atoms with E-state index in [2.05, 4.69) is 24.7 Å². The molecule has 2 saturated heterocycles. The Balaban J connectivity index is 1.09. The number of ether oxygens (including phenoxy) is 3. The molecule has 0 spiro atoms. The highest BCUT2D eigenvalue weighted by atomic mass is 19.1. The number of benzene rings is 3. The minimum Gasteiger partial charge on any atom is -0.504 e. The van der Waals surface area contributed by atoms with Gasteiger partial charge in [-0.05, 0) is 55.0 Å². The van der Waals surface area contributed by atoms with Crippen LogP contribution in [0, 0.1) is 24.1 Å². The maximum absolute atomic E-state index is 15.0. The third-order valence-electron chi connectivity index (χ3n) is 8.36. The first-order valence-electron chi connectivity index (χ1n) is 14.6. The molecule has 4 aromatic rings. The standard InChI is InChI=1S/C33H32F2N6O4/c1-36-30-16-27(40-13-11-39(12-14-40)26-6-3-24(4-7-26)32(42)43-2)8-10-31(30)44-18-23-17-33(45-19-23,20-41-22-37-21-38-41)28-9-5-25(34)15-29(28)35/h3-10,15-16,21-23H,11-14,17-20H2,2H3/t23-,33+/m1/s1. The highest BCUT2D eigenvalue weighted by molar-refractivity contribution is 5.89. The fourth-order valence-electron chi connectivity index (χ4n) is 6.06. The Morgan fingerprint density at radius 3 is 2.44 bits per heavy atom. The fourth-order valence-corrected chi connectivity index (χ4v) is 6.06. The second kappa shape index (κ2) is 12.9. The first-order valence-corrected chi connectivity index (χ1v) is 14.6. The van der Waals surface area contributed by atoms with Crippen molar-refractivity contribution < 1.29 is 27.8 Å². The van der Waals surface area contributed by atoms with Gasteiger partial charge in [0.15, 0.2) is 0 Å². The number of aromatic nitrogens is 3. The molecule has 0 radical (unpaired) electrons. The van der Waals surface area contributed by atoms with Crippen LogP contribution in [0.2, 0.25) is 0 Å². The van der Waals surface area contributed by atoms with Crippen molar-refractivity contribution in [2.75, 3.05) is 56.3 Å². The van der Waals surface area contributed by atoms with E-state index >= 15 is 0 Å². The lowest BCUT2D eigenvalue weighted by atomic mass is 9.87. The monoisotopic (exact) mass is 614 g/mol. The van der Waals surface area contributed by atoms with E-state index in [1.807, 2.05) is 30.3 Å². The Morgan fingerprint density at radius 2 is 1.78 bits per heavy atom. The summed E-state index contributed by atoms with van der Waals surface area (Å²) in [4.78, 5) is 23.9. The Morgan fingerprint density at radius 1 is 1.04 bits per heavy atom. The van der Waals surface area contributed by atoms with Crippen molar-refractivity contribution in [3.8, 4) is 5.75 Å². The van der Waals surface area contributed by atoms with E-state index in [9.17, 15) is 13.6 Å². The van der Waals surface area contributed by atoms with Crippen molar-refractivity contribution in [1.29, 1.82) is 0 Å². The maximum Gasteiger partial charge on any atom is 0.337 e. The van der Waals surface area contributed by atoms with Crippen molar-refractivity contribution in [3.05, 3.63) is 107 Å². The second-order valence-corrected chi connectivity index (χ2v) is 11.2. The van der Waals surface area contributed by atoms with Gasteiger partial charge in [0.1, 0.15) is 35.6 Å². The Bertz CT molecular complexity index is 1690. The number of hydrogen-bond donors (Lipinski definition) is 0. The molecule has 12 heteroatoms. The molecule has 2 atom stereocenters. The van der Waals surface area contributed by atoms with E-state index in [0.717, 1.165) is 43.6 Å². The first-order chi connectivity index (χ1) is 21.9. The number of rotatable bonds is 9. The molecule has 3 aromatic carbocycles. The van der Waals surface area contributed by atoms with Crippen LogP contribution in [0.3, 0.4) is 0 Å². The molecule has 0 saturated carbocycles. The van der Waals surface area contributed by atoms with Crippen LogP contribution in [0.4, 0.5) is 25.8 Å². The fraction of sp³-hybridized carbons (Fsp3) is 0.333.